The molecule has 0 bridgehead atoms. The highest BCUT2D eigenvalue weighted by atomic mass is 19.1. The Kier molecular flexibility index (Phi) is 5.58. The Balaban J connectivity index is 1.64. The third-order valence-electron chi connectivity index (χ3n) is 5.24. The predicted octanol–water partition coefficient (Wildman–Crippen LogP) is 3.39. The molecule has 146 valence electrons. The first-order chi connectivity index (χ1) is 13.3. The van der Waals surface area contributed by atoms with Gasteiger partial charge >= 0.3 is 5.97 Å². The number of carboxylic acid groups (broad SMARTS) is 1. The Hall–Kier alpha value is -3.02. The average molecular weight is 383 g/mol. The molecule has 0 fully saturated rings. The summed E-state index contributed by atoms with van der Waals surface area (Å²) in [5.41, 5.74) is 1.57. The number of amides is 1. The molecule has 5 nitrogen and oxygen atoms in total. The van der Waals surface area contributed by atoms with Crippen molar-refractivity contribution in [2.24, 2.45) is 0 Å². The third kappa shape index (κ3) is 4.11. The second kappa shape index (κ2) is 7.92. The summed E-state index contributed by atoms with van der Waals surface area (Å²) in [6, 6.07) is 10.6. The quantitative estimate of drug-likeness (QED) is 0.718. The summed E-state index contributed by atoms with van der Waals surface area (Å²) < 4.78 is 13.1. The standard InChI is InChI=1S/C22H22FNO4/c1-22(21(27)28,17-7-9-18(23)10-8-17)24-20(26)12-11-19(25)16-6-5-14-3-2-4-15(14)13-16/h5-10,13H,2-4,11-12H2,1H3,(H,24,26)(H,27,28). The van der Waals surface area contributed by atoms with Crippen LogP contribution in [0.25, 0.3) is 0 Å². The van der Waals surface area contributed by atoms with Crippen LogP contribution in [-0.4, -0.2) is 22.8 Å². The molecule has 1 aliphatic rings. The van der Waals surface area contributed by atoms with Gasteiger partial charge < -0.3 is 10.4 Å². The molecule has 6 heteroatoms. The zero-order valence-electron chi connectivity index (χ0n) is 15.6. The number of fused-ring (bicyclic) bond motifs is 1. The molecule has 0 saturated heterocycles. The van der Waals surface area contributed by atoms with Crippen LogP contribution in [0.15, 0.2) is 42.5 Å². The first kappa shape index (κ1) is 19.7. The van der Waals surface area contributed by atoms with Crippen molar-refractivity contribution in [3.8, 4) is 0 Å². The number of halogens is 1. The Morgan fingerprint density at radius 1 is 1.04 bits per heavy atom. The van der Waals surface area contributed by atoms with Gasteiger partial charge in [0.05, 0.1) is 0 Å². The second-order valence-corrected chi connectivity index (χ2v) is 7.25. The number of aryl methyl sites for hydroxylation is 2. The number of nitrogens with one attached hydrogen (secondary N) is 1. The van der Waals surface area contributed by atoms with Gasteiger partial charge in [-0.2, -0.15) is 0 Å². The highest BCUT2D eigenvalue weighted by Gasteiger charge is 2.36. The molecule has 0 aromatic heterocycles. The van der Waals surface area contributed by atoms with Gasteiger partial charge in [-0.15, -0.1) is 0 Å². The van der Waals surface area contributed by atoms with Gasteiger partial charge in [-0.1, -0.05) is 24.3 Å². The number of carboxylic acids is 1. The number of hydrogen-bond donors (Lipinski definition) is 2. The molecule has 0 spiro atoms. The van der Waals surface area contributed by atoms with Crippen molar-refractivity contribution in [2.75, 3.05) is 0 Å². The Morgan fingerprint density at radius 2 is 1.71 bits per heavy atom. The van der Waals surface area contributed by atoms with Crippen molar-refractivity contribution in [1.82, 2.24) is 5.32 Å². The lowest BCUT2D eigenvalue weighted by atomic mass is 9.91. The zero-order valence-corrected chi connectivity index (χ0v) is 15.6. The summed E-state index contributed by atoms with van der Waals surface area (Å²) in [7, 11) is 0. The van der Waals surface area contributed by atoms with Crippen LogP contribution in [0.3, 0.4) is 0 Å². The number of carbonyl (C=O) groups is 3. The van der Waals surface area contributed by atoms with E-state index in [1.807, 2.05) is 12.1 Å². The minimum atomic E-state index is -1.71. The predicted molar refractivity (Wildman–Crippen MR) is 102 cm³/mol. The van der Waals surface area contributed by atoms with E-state index in [0.29, 0.717) is 5.56 Å². The molecule has 1 unspecified atom stereocenters. The zero-order chi connectivity index (χ0) is 20.3. The van der Waals surface area contributed by atoms with Crippen molar-refractivity contribution in [3.63, 3.8) is 0 Å². The van der Waals surface area contributed by atoms with Gasteiger partial charge in [0.2, 0.25) is 5.91 Å². The smallest absolute Gasteiger partial charge is 0.333 e. The maximum absolute atomic E-state index is 13.1. The number of carbonyl (C=O) groups excluding carboxylic acids is 2. The van der Waals surface area contributed by atoms with E-state index in [2.05, 4.69) is 5.32 Å². The Bertz CT molecular complexity index is 923. The molecule has 3 rings (SSSR count). The van der Waals surface area contributed by atoms with E-state index in [4.69, 9.17) is 0 Å². The SMILES string of the molecule is CC(NC(=O)CCC(=O)c1ccc2c(c1)CCC2)(C(=O)O)c1ccc(F)cc1. The van der Waals surface area contributed by atoms with Crippen LogP contribution >= 0.6 is 0 Å². The molecule has 0 aliphatic heterocycles. The van der Waals surface area contributed by atoms with E-state index in [-0.39, 0.29) is 24.2 Å². The van der Waals surface area contributed by atoms with Crippen LogP contribution in [0, 0.1) is 5.82 Å². The molecule has 1 atom stereocenters. The molecule has 1 amide bonds. The number of ketones is 1. The molecule has 2 aromatic carbocycles. The lowest BCUT2D eigenvalue weighted by Crippen LogP contribution is -2.49. The fourth-order valence-corrected chi connectivity index (χ4v) is 3.49. The van der Waals surface area contributed by atoms with Gasteiger partial charge in [0.15, 0.2) is 11.3 Å². The van der Waals surface area contributed by atoms with Crippen molar-refractivity contribution in [3.05, 3.63) is 70.5 Å². The lowest BCUT2D eigenvalue weighted by molar-refractivity contribution is -0.147. The molecule has 2 N–H and O–H groups in total. The fourth-order valence-electron chi connectivity index (χ4n) is 3.49. The maximum Gasteiger partial charge on any atom is 0.333 e. The Morgan fingerprint density at radius 3 is 2.39 bits per heavy atom. The van der Waals surface area contributed by atoms with Crippen molar-refractivity contribution >= 4 is 17.7 Å². The van der Waals surface area contributed by atoms with Crippen LogP contribution in [-0.2, 0) is 28.0 Å². The molecule has 0 heterocycles. The minimum Gasteiger partial charge on any atom is -0.479 e. The van der Waals surface area contributed by atoms with Crippen LogP contribution in [0.5, 0.6) is 0 Å². The molecule has 1 aliphatic carbocycles. The van der Waals surface area contributed by atoms with E-state index in [1.165, 1.54) is 30.2 Å². The molecule has 2 aromatic rings. The number of aliphatic carboxylic acids is 1. The van der Waals surface area contributed by atoms with Gasteiger partial charge in [0, 0.05) is 18.4 Å². The highest BCUT2D eigenvalue weighted by Crippen LogP contribution is 2.24. The van der Waals surface area contributed by atoms with Crippen LogP contribution in [0.1, 0.15) is 53.2 Å². The normalized spacial score (nSPS) is 14.8. The first-order valence-corrected chi connectivity index (χ1v) is 9.25. The van der Waals surface area contributed by atoms with E-state index in [9.17, 15) is 23.9 Å². The fraction of sp³-hybridized carbons (Fsp3) is 0.318. The average Bonchev–Trinajstić information content (AvgIpc) is 3.14. The largest absolute Gasteiger partial charge is 0.479 e. The second-order valence-electron chi connectivity index (χ2n) is 7.25. The van der Waals surface area contributed by atoms with E-state index in [0.717, 1.165) is 31.4 Å². The van der Waals surface area contributed by atoms with Gasteiger partial charge in [0.25, 0.3) is 0 Å². The molecule has 28 heavy (non-hydrogen) atoms. The van der Waals surface area contributed by atoms with Crippen LogP contribution in [0.4, 0.5) is 4.39 Å². The van der Waals surface area contributed by atoms with Gasteiger partial charge in [0.1, 0.15) is 5.82 Å². The molecular weight excluding hydrogens is 361 g/mol. The molecule has 0 saturated carbocycles. The molecular formula is C22H22FNO4. The van der Waals surface area contributed by atoms with E-state index >= 15 is 0 Å². The van der Waals surface area contributed by atoms with Gasteiger partial charge in [-0.3, -0.25) is 9.59 Å². The van der Waals surface area contributed by atoms with Gasteiger partial charge in [-0.05, 0) is 61.1 Å². The first-order valence-electron chi connectivity index (χ1n) is 9.25. The van der Waals surface area contributed by atoms with Crippen LogP contribution in [0.2, 0.25) is 0 Å². The van der Waals surface area contributed by atoms with Crippen LogP contribution < -0.4 is 5.32 Å². The summed E-state index contributed by atoms with van der Waals surface area (Å²) in [6.45, 7) is 1.34. The summed E-state index contributed by atoms with van der Waals surface area (Å²) in [6.07, 6.45) is 2.95. The number of rotatable bonds is 7. The summed E-state index contributed by atoms with van der Waals surface area (Å²) in [4.78, 5) is 36.5. The summed E-state index contributed by atoms with van der Waals surface area (Å²) in [5.74, 6) is -2.47. The third-order valence-corrected chi connectivity index (χ3v) is 5.24. The monoisotopic (exact) mass is 383 g/mol. The number of benzene rings is 2. The topological polar surface area (TPSA) is 83.5 Å². The maximum atomic E-state index is 13.1. The van der Waals surface area contributed by atoms with Crippen molar-refractivity contribution < 1.29 is 23.9 Å². The van der Waals surface area contributed by atoms with E-state index < -0.39 is 23.2 Å². The van der Waals surface area contributed by atoms with E-state index in [1.54, 1.807) is 6.07 Å². The molecule has 0 radical (unpaired) electrons. The van der Waals surface area contributed by atoms with Gasteiger partial charge in [-0.25, -0.2) is 9.18 Å². The lowest BCUT2D eigenvalue weighted by Gasteiger charge is -2.26. The minimum absolute atomic E-state index is 0.0102. The summed E-state index contributed by atoms with van der Waals surface area (Å²) in [5, 5.41) is 12.0. The van der Waals surface area contributed by atoms with Crippen molar-refractivity contribution in [1.29, 1.82) is 0 Å². The highest BCUT2D eigenvalue weighted by molar-refractivity contribution is 5.98. The summed E-state index contributed by atoms with van der Waals surface area (Å²) >= 11 is 0. The number of hydrogen-bond acceptors (Lipinski definition) is 3. The van der Waals surface area contributed by atoms with Crippen molar-refractivity contribution in [2.45, 2.75) is 44.6 Å². The Labute approximate surface area is 162 Å². The number of Topliss-reactive ketones (excluding diaryl/α,β-unsaturated/α-hetero) is 1.